The highest BCUT2D eigenvalue weighted by Crippen LogP contribution is 2.23. The summed E-state index contributed by atoms with van der Waals surface area (Å²) in [5, 5.41) is 0. The zero-order chi connectivity index (χ0) is 12.3. The summed E-state index contributed by atoms with van der Waals surface area (Å²) < 4.78 is 0. The highest BCUT2D eigenvalue weighted by molar-refractivity contribution is 7.80. The number of nitrogens with two attached hydrogens (primary N) is 1. The number of nitrogens with zero attached hydrogens (tertiary/aromatic N) is 2. The third kappa shape index (κ3) is 2.70. The molecule has 0 saturated carbocycles. The van der Waals surface area contributed by atoms with E-state index in [-0.39, 0.29) is 0 Å². The summed E-state index contributed by atoms with van der Waals surface area (Å²) in [5.41, 5.74) is 9.65. The average molecular weight is 237 g/mol. The lowest BCUT2D eigenvalue weighted by Crippen LogP contribution is -2.24. The van der Waals surface area contributed by atoms with Crippen molar-refractivity contribution in [3.05, 3.63) is 23.0 Å². The minimum atomic E-state index is 0.419. The molecular formula is C12H19N3S. The van der Waals surface area contributed by atoms with E-state index in [1.54, 1.807) is 0 Å². The number of hydrogen-bond acceptors (Lipinski definition) is 3. The maximum atomic E-state index is 5.76. The van der Waals surface area contributed by atoms with Gasteiger partial charge in [0.2, 0.25) is 0 Å². The molecule has 1 heterocycles. The van der Waals surface area contributed by atoms with Gasteiger partial charge in [-0.25, -0.2) is 0 Å². The molecule has 88 valence electrons. The van der Waals surface area contributed by atoms with Gasteiger partial charge in [0.1, 0.15) is 4.99 Å². The lowest BCUT2D eigenvalue weighted by molar-refractivity contribution is 0.847. The standard InChI is InChI=1S/C12H19N3S/c1-5-6-15(4)10-7-8(2)14-9(3)11(10)12(13)16/h7H,5-6H2,1-4H3,(H2,13,16). The lowest BCUT2D eigenvalue weighted by Gasteiger charge is -2.23. The van der Waals surface area contributed by atoms with Gasteiger partial charge in [-0.05, 0) is 26.3 Å². The van der Waals surface area contributed by atoms with Gasteiger partial charge in [0, 0.05) is 25.0 Å². The van der Waals surface area contributed by atoms with Gasteiger partial charge in [0.25, 0.3) is 0 Å². The molecular weight excluding hydrogens is 218 g/mol. The molecule has 0 bridgehead atoms. The molecule has 0 radical (unpaired) electrons. The van der Waals surface area contributed by atoms with E-state index in [9.17, 15) is 0 Å². The summed E-state index contributed by atoms with van der Waals surface area (Å²) in [6, 6.07) is 2.04. The summed E-state index contributed by atoms with van der Waals surface area (Å²) in [7, 11) is 2.06. The Bertz CT molecular complexity index is 401. The largest absolute Gasteiger partial charge is 0.389 e. The molecule has 1 aromatic heterocycles. The van der Waals surface area contributed by atoms with Crippen molar-refractivity contribution >= 4 is 22.9 Å². The van der Waals surface area contributed by atoms with Crippen LogP contribution in [0, 0.1) is 13.8 Å². The van der Waals surface area contributed by atoms with Crippen molar-refractivity contribution in [3.8, 4) is 0 Å². The van der Waals surface area contributed by atoms with Crippen LogP contribution in [0.4, 0.5) is 5.69 Å². The van der Waals surface area contributed by atoms with E-state index in [2.05, 4.69) is 23.9 Å². The Morgan fingerprint density at radius 3 is 2.62 bits per heavy atom. The second-order valence-corrected chi connectivity index (χ2v) is 4.47. The summed E-state index contributed by atoms with van der Waals surface area (Å²) in [6.45, 7) is 7.07. The first-order valence-corrected chi connectivity index (χ1v) is 5.87. The van der Waals surface area contributed by atoms with E-state index in [1.165, 1.54) is 0 Å². The molecule has 16 heavy (non-hydrogen) atoms. The number of aromatic nitrogens is 1. The van der Waals surface area contributed by atoms with Gasteiger partial charge in [-0.15, -0.1) is 0 Å². The van der Waals surface area contributed by atoms with E-state index in [0.29, 0.717) is 4.99 Å². The van der Waals surface area contributed by atoms with E-state index >= 15 is 0 Å². The number of hydrogen-bond donors (Lipinski definition) is 1. The molecule has 0 spiro atoms. The molecule has 0 aliphatic rings. The fourth-order valence-electron chi connectivity index (χ4n) is 1.87. The van der Waals surface area contributed by atoms with Gasteiger partial charge in [-0.2, -0.15) is 0 Å². The Kier molecular flexibility index (Phi) is 4.24. The molecule has 0 aromatic carbocycles. The maximum absolute atomic E-state index is 5.76. The maximum Gasteiger partial charge on any atom is 0.107 e. The second kappa shape index (κ2) is 5.25. The van der Waals surface area contributed by atoms with Gasteiger partial charge in [0.05, 0.1) is 11.3 Å². The zero-order valence-corrected chi connectivity index (χ0v) is 11.2. The third-order valence-electron chi connectivity index (χ3n) is 2.52. The summed E-state index contributed by atoms with van der Waals surface area (Å²) in [6.07, 6.45) is 1.09. The number of anilines is 1. The predicted molar refractivity (Wildman–Crippen MR) is 73.2 cm³/mol. The molecule has 0 unspecified atom stereocenters. The smallest absolute Gasteiger partial charge is 0.107 e. The Morgan fingerprint density at radius 2 is 2.12 bits per heavy atom. The Labute approximate surface area is 103 Å². The van der Waals surface area contributed by atoms with Crippen molar-refractivity contribution in [2.45, 2.75) is 27.2 Å². The number of thiocarbonyl (C=S) groups is 1. The van der Waals surface area contributed by atoms with Gasteiger partial charge < -0.3 is 10.6 Å². The molecule has 1 rings (SSSR count). The van der Waals surface area contributed by atoms with Crippen LogP contribution in [-0.2, 0) is 0 Å². The molecule has 0 fully saturated rings. The van der Waals surface area contributed by atoms with Crippen LogP contribution in [-0.4, -0.2) is 23.6 Å². The second-order valence-electron chi connectivity index (χ2n) is 4.03. The van der Waals surface area contributed by atoms with Gasteiger partial charge in [-0.3, -0.25) is 4.98 Å². The van der Waals surface area contributed by atoms with Crippen LogP contribution in [0.15, 0.2) is 6.07 Å². The molecule has 0 amide bonds. The molecule has 2 N–H and O–H groups in total. The van der Waals surface area contributed by atoms with Crippen molar-refractivity contribution in [2.75, 3.05) is 18.5 Å². The van der Waals surface area contributed by atoms with E-state index in [0.717, 1.165) is 35.6 Å². The summed E-state index contributed by atoms with van der Waals surface area (Å²) in [4.78, 5) is 7.00. The Hall–Kier alpha value is -1.16. The molecule has 1 aromatic rings. The van der Waals surface area contributed by atoms with Crippen LogP contribution < -0.4 is 10.6 Å². The first-order valence-electron chi connectivity index (χ1n) is 5.46. The highest BCUT2D eigenvalue weighted by Gasteiger charge is 2.13. The van der Waals surface area contributed by atoms with E-state index in [1.807, 2.05) is 19.9 Å². The molecule has 3 nitrogen and oxygen atoms in total. The van der Waals surface area contributed by atoms with Crippen molar-refractivity contribution in [1.82, 2.24) is 4.98 Å². The Morgan fingerprint density at radius 1 is 1.50 bits per heavy atom. The van der Waals surface area contributed by atoms with Crippen molar-refractivity contribution in [2.24, 2.45) is 5.73 Å². The minimum absolute atomic E-state index is 0.419. The van der Waals surface area contributed by atoms with Crippen molar-refractivity contribution < 1.29 is 0 Å². The quantitative estimate of drug-likeness (QED) is 0.815. The van der Waals surface area contributed by atoms with Gasteiger partial charge in [0.15, 0.2) is 0 Å². The van der Waals surface area contributed by atoms with Crippen LogP contribution >= 0.6 is 12.2 Å². The fourth-order valence-corrected chi connectivity index (χ4v) is 2.12. The third-order valence-corrected chi connectivity index (χ3v) is 2.73. The first-order chi connectivity index (χ1) is 7.47. The highest BCUT2D eigenvalue weighted by atomic mass is 32.1. The Balaban J connectivity index is 3.29. The average Bonchev–Trinajstić information content (AvgIpc) is 2.15. The predicted octanol–water partition coefficient (Wildman–Crippen LogP) is 2.18. The molecule has 0 aliphatic heterocycles. The topological polar surface area (TPSA) is 42.2 Å². The number of pyridine rings is 1. The van der Waals surface area contributed by atoms with Crippen LogP contribution in [0.2, 0.25) is 0 Å². The van der Waals surface area contributed by atoms with E-state index in [4.69, 9.17) is 18.0 Å². The molecule has 0 saturated heterocycles. The van der Waals surface area contributed by atoms with E-state index < -0.39 is 0 Å². The van der Waals surface area contributed by atoms with Crippen LogP contribution in [0.3, 0.4) is 0 Å². The van der Waals surface area contributed by atoms with Crippen molar-refractivity contribution in [1.29, 1.82) is 0 Å². The first kappa shape index (κ1) is 12.9. The van der Waals surface area contributed by atoms with Crippen LogP contribution in [0.1, 0.15) is 30.3 Å². The van der Waals surface area contributed by atoms with Gasteiger partial charge in [-0.1, -0.05) is 19.1 Å². The molecule has 0 atom stereocenters. The summed E-state index contributed by atoms with van der Waals surface area (Å²) >= 11 is 5.09. The van der Waals surface area contributed by atoms with Crippen LogP contribution in [0.25, 0.3) is 0 Å². The minimum Gasteiger partial charge on any atom is -0.389 e. The van der Waals surface area contributed by atoms with Crippen LogP contribution in [0.5, 0.6) is 0 Å². The monoisotopic (exact) mass is 237 g/mol. The SMILES string of the molecule is CCCN(C)c1cc(C)nc(C)c1C(N)=S. The molecule has 0 aliphatic carbocycles. The molecule has 4 heteroatoms. The lowest BCUT2D eigenvalue weighted by atomic mass is 10.1. The normalized spacial score (nSPS) is 10.2. The van der Waals surface area contributed by atoms with Gasteiger partial charge >= 0.3 is 0 Å². The summed E-state index contributed by atoms with van der Waals surface area (Å²) in [5.74, 6) is 0. The number of aryl methyl sites for hydroxylation is 2. The van der Waals surface area contributed by atoms with Crippen molar-refractivity contribution in [3.63, 3.8) is 0 Å². The number of rotatable bonds is 4. The zero-order valence-electron chi connectivity index (χ0n) is 10.4. The fraction of sp³-hybridized carbons (Fsp3) is 0.500.